The highest BCUT2D eigenvalue weighted by molar-refractivity contribution is 6.30. The molecule has 0 spiro atoms. The van der Waals surface area contributed by atoms with Gasteiger partial charge in [0.2, 0.25) is 0 Å². The summed E-state index contributed by atoms with van der Waals surface area (Å²) in [7, 11) is 0. The number of halogens is 3. The number of hydrogen-bond acceptors (Lipinski definition) is 10. The molecule has 3 unspecified atom stereocenters. The number of hydrogen-bond donors (Lipinski definition) is 6. The van der Waals surface area contributed by atoms with Crippen molar-refractivity contribution in [3.63, 3.8) is 0 Å². The molecule has 7 heterocycles. The molecule has 6 N–H and O–H groups in total. The van der Waals surface area contributed by atoms with Crippen molar-refractivity contribution < 1.29 is 18.6 Å². The molecule has 366 valence electrons. The van der Waals surface area contributed by atoms with Crippen LogP contribution >= 0.6 is 23.2 Å². The molecule has 0 radical (unpaired) electrons. The van der Waals surface area contributed by atoms with Crippen molar-refractivity contribution in [3.05, 3.63) is 191 Å². The van der Waals surface area contributed by atoms with Crippen LogP contribution in [0.3, 0.4) is 0 Å². The molecule has 13 nitrogen and oxygen atoms in total. The van der Waals surface area contributed by atoms with Gasteiger partial charge in [-0.1, -0.05) is 108 Å². The third-order valence-electron chi connectivity index (χ3n) is 12.6. The quantitative estimate of drug-likeness (QED) is 0.0768. The Morgan fingerprint density at radius 1 is 0.417 bits per heavy atom. The number of nitrogens with zero attached hydrogens (tertiary/aromatic N) is 4. The molecule has 3 saturated heterocycles. The summed E-state index contributed by atoms with van der Waals surface area (Å²) < 4.78 is 30.4. The minimum atomic E-state index is -0.246. The summed E-state index contributed by atoms with van der Waals surface area (Å²) in [5.74, 6) is -0.246. The zero-order chi connectivity index (χ0) is 49.1. The molecule has 0 saturated carbocycles. The lowest BCUT2D eigenvalue weighted by Gasteiger charge is -2.24. The molecule has 4 aromatic heterocycles. The number of rotatable bonds is 9. The molecule has 3 atom stereocenters. The molecule has 3 aliphatic rings. The number of aromatic amines is 3. The third kappa shape index (κ3) is 12.4. The summed E-state index contributed by atoms with van der Waals surface area (Å²) in [5, 5.41) is 33.6. The largest absolute Gasteiger partial charge is 0.371 e. The van der Waals surface area contributed by atoms with Crippen molar-refractivity contribution in [2.45, 2.75) is 18.3 Å². The zero-order valence-electron chi connectivity index (χ0n) is 39.3. The van der Waals surface area contributed by atoms with Gasteiger partial charge in [-0.3, -0.25) is 15.3 Å². The molecule has 12 rings (SSSR count). The first-order chi connectivity index (χ1) is 35.4. The Kier molecular flexibility index (Phi) is 16.0. The van der Waals surface area contributed by atoms with Gasteiger partial charge in [-0.15, -0.1) is 0 Å². The highest BCUT2D eigenvalue weighted by Crippen LogP contribution is 2.30. The summed E-state index contributed by atoms with van der Waals surface area (Å²) in [6.45, 7) is 7.59. The number of pyridine rings is 1. The van der Waals surface area contributed by atoms with Gasteiger partial charge >= 0.3 is 0 Å². The Morgan fingerprint density at radius 3 is 1.11 bits per heavy atom. The number of benzene rings is 5. The van der Waals surface area contributed by atoms with Crippen molar-refractivity contribution in [2.75, 3.05) is 59.1 Å². The highest BCUT2D eigenvalue weighted by atomic mass is 35.5. The Hall–Kier alpha value is -6.85. The first-order valence-electron chi connectivity index (χ1n) is 24.0. The van der Waals surface area contributed by atoms with E-state index in [4.69, 9.17) is 37.4 Å². The average molecular weight is 1000 g/mol. The monoisotopic (exact) mass is 1000 g/mol. The Morgan fingerprint density at radius 2 is 0.764 bits per heavy atom. The Labute approximate surface area is 426 Å². The fraction of sp³-hybridized carbons (Fsp3) is 0.214. The van der Waals surface area contributed by atoms with Gasteiger partial charge in [-0.25, -0.2) is 9.37 Å². The van der Waals surface area contributed by atoms with E-state index < -0.39 is 0 Å². The fourth-order valence-electron chi connectivity index (χ4n) is 8.59. The van der Waals surface area contributed by atoms with Gasteiger partial charge in [0.15, 0.2) is 0 Å². The second-order valence-electron chi connectivity index (χ2n) is 17.4. The van der Waals surface area contributed by atoms with Crippen LogP contribution in [0.4, 0.5) is 4.39 Å². The molecule has 16 heteroatoms. The lowest BCUT2D eigenvalue weighted by atomic mass is 10.0. The van der Waals surface area contributed by atoms with E-state index >= 15 is 0 Å². The smallest absolute Gasteiger partial charge is 0.129 e. The van der Waals surface area contributed by atoms with Gasteiger partial charge in [0.05, 0.1) is 72.3 Å². The molecule has 3 aliphatic heterocycles. The van der Waals surface area contributed by atoms with E-state index in [1.54, 1.807) is 24.4 Å². The molecular weight excluding hydrogens is 951 g/mol. The van der Waals surface area contributed by atoms with Crippen LogP contribution in [0.25, 0.3) is 67.5 Å². The van der Waals surface area contributed by atoms with Gasteiger partial charge in [-0.2, -0.15) is 15.3 Å². The minimum Gasteiger partial charge on any atom is -0.371 e. The predicted octanol–water partition coefficient (Wildman–Crippen LogP) is 11.1. The normalized spacial score (nSPS) is 17.8. The Balaban J connectivity index is 0.000000124. The van der Waals surface area contributed by atoms with Crippen LogP contribution in [0.5, 0.6) is 0 Å². The third-order valence-corrected chi connectivity index (χ3v) is 13.1. The summed E-state index contributed by atoms with van der Waals surface area (Å²) in [4.78, 5) is 4.09. The van der Waals surface area contributed by atoms with Gasteiger partial charge < -0.3 is 30.2 Å². The average Bonchev–Trinajstić information content (AvgIpc) is 4.27. The van der Waals surface area contributed by atoms with Gasteiger partial charge in [0.25, 0.3) is 0 Å². The maximum absolute atomic E-state index is 13.0. The first kappa shape index (κ1) is 48.8. The summed E-state index contributed by atoms with van der Waals surface area (Å²) in [6.07, 6.45) is 2.10. The summed E-state index contributed by atoms with van der Waals surface area (Å²) >= 11 is 11.8. The van der Waals surface area contributed by atoms with Gasteiger partial charge in [-0.05, 0) is 100 Å². The van der Waals surface area contributed by atoms with Crippen LogP contribution in [-0.4, -0.2) is 94.7 Å². The maximum Gasteiger partial charge on any atom is 0.129 e. The van der Waals surface area contributed by atoms with Crippen LogP contribution in [0.1, 0.15) is 35.0 Å². The van der Waals surface area contributed by atoms with Crippen molar-refractivity contribution in [3.8, 4) is 67.5 Å². The first-order valence-corrected chi connectivity index (χ1v) is 24.7. The second kappa shape index (κ2) is 23.6. The number of aromatic nitrogens is 7. The van der Waals surface area contributed by atoms with Crippen molar-refractivity contribution in [2.24, 2.45) is 0 Å². The van der Waals surface area contributed by atoms with Crippen molar-refractivity contribution >= 4 is 23.2 Å². The van der Waals surface area contributed by atoms with Crippen LogP contribution in [-0.2, 0) is 14.2 Å². The van der Waals surface area contributed by atoms with Crippen LogP contribution in [0.2, 0.25) is 10.2 Å². The molecule has 9 aromatic rings. The summed E-state index contributed by atoms with van der Waals surface area (Å²) in [6, 6.07) is 48.9. The summed E-state index contributed by atoms with van der Waals surface area (Å²) in [5.41, 5.74) is 15.1. The highest BCUT2D eigenvalue weighted by Gasteiger charge is 2.19. The van der Waals surface area contributed by atoms with E-state index in [0.29, 0.717) is 5.15 Å². The van der Waals surface area contributed by atoms with Crippen LogP contribution < -0.4 is 16.0 Å². The minimum absolute atomic E-state index is 0.115. The molecular formula is C56H53Cl2FN10O3. The molecule has 0 bridgehead atoms. The maximum atomic E-state index is 13.0. The van der Waals surface area contributed by atoms with E-state index in [2.05, 4.69) is 130 Å². The lowest BCUT2D eigenvalue weighted by Crippen LogP contribution is -2.33. The van der Waals surface area contributed by atoms with E-state index in [-0.39, 0.29) is 24.1 Å². The molecule has 0 aliphatic carbocycles. The molecule has 3 fully saturated rings. The molecule has 5 aromatic carbocycles. The van der Waals surface area contributed by atoms with E-state index in [1.807, 2.05) is 42.5 Å². The van der Waals surface area contributed by atoms with Crippen LogP contribution in [0, 0.1) is 5.82 Å². The SMILES string of the molecule is Clc1ccc(-c2cc(-c3ccc(C4CNCCO4)cc3)[nH]n2)cc1.Clc1ccc(-c2cc(-c3ccc(C4CNCCO4)cc3)[nH]n2)cn1.Fc1ccc(-c2cc(-c3ccc(C4CNCCO4)cc3)[nH]n2)cc1. The number of nitrogens with one attached hydrogen (secondary N) is 6. The van der Waals surface area contributed by atoms with E-state index in [0.717, 1.165) is 132 Å². The molecule has 72 heavy (non-hydrogen) atoms. The molecule has 0 amide bonds. The zero-order valence-corrected chi connectivity index (χ0v) is 40.8. The number of ether oxygens (including phenoxy) is 3. The lowest BCUT2D eigenvalue weighted by molar-refractivity contribution is 0.0276. The van der Waals surface area contributed by atoms with Crippen molar-refractivity contribution in [1.29, 1.82) is 0 Å². The van der Waals surface area contributed by atoms with E-state index in [1.165, 1.54) is 28.8 Å². The van der Waals surface area contributed by atoms with Gasteiger partial charge in [0.1, 0.15) is 11.0 Å². The number of morpholine rings is 3. The van der Waals surface area contributed by atoms with Crippen molar-refractivity contribution in [1.82, 2.24) is 51.5 Å². The van der Waals surface area contributed by atoms with E-state index in [9.17, 15) is 4.39 Å². The second-order valence-corrected chi connectivity index (χ2v) is 18.3. The van der Waals surface area contributed by atoms with Crippen LogP contribution in [0.15, 0.2) is 158 Å². The predicted molar refractivity (Wildman–Crippen MR) is 281 cm³/mol. The topological polar surface area (TPSA) is 163 Å². The number of H-pyrrole nitrogens is 3. The Bertz CT molecular complexity index is 2760. The van der Waals surface area contributed by atoms with Gasteiger partial charge in [0, 0.05) is 67.2 Å². The fourth-order valence-corrected chi connectivity index (χ4v) is 8.83. The standard InChI is InChI=1S/C19H18ClN3O.C19H18FN3O.C18H17ClN4O/c2*20-16-7-5-14(6-8-16)18-11-17(22-23-18)13-1-3-15(4-2-13)19-12-21-9-10-24-19;19-18-6-5-14(10-21-18)16-9-15(22-23-16)12-1-3-13(4-2-12)17-11-20-7-8-24-17/h2*1-8,11,19,21H,9-10,12H2,(H,22,23);1-6,9-10,17,20H,7-8,11H2,(H,22,23).